The van der Waals surface area contributed by atoms with Crippen molar-refractivity contribution in [3.63, 3.8) is 0 Å². The Balaban J connectivity index is 1.40. The quantitative estimate of drug-likeness (QED) is 0.149. The van der Waals surface area contributed by atoms with Crippen LogP contribution in [0.15, 0.2) is 48.6 Å². The van der Waals surface area contributed by atoms with E-state index in [2.05, 4.69) is 18.2 Å². The molecule has 2 bridgehead atoms. The summed E-state index contributed by atoms with van der Waals surface area (Å²) in [6.45, 7) is 3.97. The third-order valence-electron chi connectivity index (χ3n) is 5.94. The van der Waals surface area contributed by atoms with Gasteiger partial charge in [0.15, 0.2) is 0 Å². The van der Waals surface area contributed by atoms with Gasteiger partial charge >= 0.3 is 12.1 Å². The maximum atomic E-state index is 12.8. The number of carbonyl (C=O) groups is 1. The van der Waals surface area contributed by atoms with Crippen molar-refractivity contribution < 1.29 is 37.2 Å². The fourth-order valence-electron chi connectivity index (χ4n) is 4.33. The highest BCUT2D eigenvalue weighted by Gasteiger charge is 2.49. The van der Waals surface area contributed by atoms with Gasteiger partial charge in [0, 0.05) is 24.7 Å². The molecule has 2 aliphatic rings. The van der Waals surface area contributed by atoms with E-state index in [1.807, 2.05) is 19.9 Å². The maximum Gasteiger partial charge on any atom is 0.416 e. The second-order valence-electron chi connectivity index (χ2n) is 8.98. The number of hydrogen-bond donors (Lipinski definition) is 0. The van der Waals surface area contributed by atoms with Crippen LogP contribution in [-0.4, -0.2) is 30.9 Å². The van der Waals surface area contributed by atoms with Crippen LogP contribution in [0, 0.1) is 11.8 Å². The molecule has 2 fully saturated rings. The molecule has 1 saturated carbocycles. The van der Waals surface area contributed by atoms with Gasteiger partial charge in [-0.15, -0.1) is 0 Å². The summed E-state index contributed by atoms with van der Waals surface area (Å²) in [7, 11) is 0. The van der Waals surface area contributed by atoms with Gasteiger partial charge in [-0.05, 0) is 57.7 Å². The molecule has 1 aromatic carbocycles. The average molecular weight is 483 g/mol. The third kappa shape index (κ3) is 7.87. The van der Waals surface area contributed by atoms with Crippen LogP contribution in [0.25, 0.3) is 0 Å². The van der Waals surface area contributed by atoms with Crippen LogP contribution in [0.1, 0.15) is 57.9 Å². The van der Waals surface area contributed by atoms with Crippen LogP contribution in [0.5, 0.6) is 5.75 Å². The summed E-state index contributed by atoms with van der Waals surface area (Å²) in [5.41, 5.74) is -0.717. The van der Waals surface area contributed by atoms with Gasteiger partial charge in [-0.2, -0.15) is 13.2 Å². The van der Waals surface area contributed by atoms with E-state index < -0.39 is 11.7 Å². The summed E-state index contributed by atoms with van der Waals surface area (Å²) in [6, 6.07) is 4.91. The van der Waals surface area contributed by atoms with Crippen LogP contribution >= 0.6 is 0 Å². The molecule has 34 heavy (non-hydrogen) atoms. The molecule has 1 saturated heterocycles. The third-order valence-corrected chi connectivity index (χ3v) is 5.94. The molecule has 1 heterocycles. The fourth-order valence-corrected chi connectivity index (χ4v) is 4.33. The Bertz CT molecular complexity index is 849. The molecule has 0 unspecified atom stereocenters. The summed E-state index contributed by atoms with van der Waals surface area (Å²) in [6.07, 6.45) is 8.26. The molecule has 1 aliphatic carbocycles. The van der Waals surface area contributed by atoms with E-state index in [1.165, 1.54) is 12.1 Å². The zero-order valence-corrected chi connectivity index (χ0v) is 19.6. The van der Waals surface area contributed by atoms with Crippen molar-refractivity contribution in [1.29, 1.82) is 0 Å². The van der Waals surface area contributed by atoms with Crippen LogP contribution in [0.4, 0.5) is 13.2 Å². The second kappa shape index (κ2) is 12.4. The van der Waals surface area contributed by atoms with Crippen molar-refractivity contribution in [1.82, 2.24) is 0 Å². The molecule has 4 atom stereocenters. The van der Waals surface area contributed by atoms with Gasteiger partial charge in [0.1, 0.15) is 11.9 Å². The number of alkyl halides is 3. The molecule has 1 aliphatic heterocycles. The maximum absolute atomic E-state index is 12.8. The normalized spacial score (nSPS) is 24.5. The molecule has 8 heteroatoms. The first-order valence-electron chi connectivity index (χ1n) is 11.9. The number of rotatable bonds is 12. The summed E-state index contributed by atoms with van der Waals surface area (Å²) < 4.78 is 49.0. The Morgan fingerprint density at radius 3 is 2.71 bits per heavy atom. The molecule has 0 N–H and O–H groups in total. The van der Waals surface area contributed by atoms with Crippen LogP contribution in [0.2, 0.25) is 0 Å². The molecule has 5 nitrogen and oxygen atoms in total. The molecular formula is C26H33F3O5. The second-order valence-corrected chi connectivity index (χ2v) is 8.98. The summed E-state index contributed by atoms with van der Waals surface area (Å²) in [5, 5.41) is 0. The number of carbonyl (C=O) groups excluding carboxylic acids is 1. The lowest BCUT2D eigenvalue weighted by atomic mass is 9.89. The molecule has 1 aromatic rings. The highest BCUT2D eigenvalue weighted by molar-refractivity contribution is 5.69. The summed E-state index contributed by atoms with van der Waals surface area (Å²) in [5.74, 6) is 0.573. The SMILES string of the molecule is CC(C)OC(=O)CCC/C=C\C[C@@H]1[C@@H](/C=C/CCOc2cccc(C(F)(F)F)c2)[C@H]2C[C@@H]1OO2. The molecule has 3 rings (SSSR count). The first kappa shape index (κ1) is 26.3. The number of halogens is 3. The smallest absolute Gasteiger partial charge is 0.416 e. The van der Waals surface area contributed by atoms with Crippen molar-refractivity contribution in [3.05, 3.63) is 54.1 Å². The highest BCUT2D eigenvalue weighted by atomic mass is 19.4. The van der Waals surface area contributed by atoms with Crippen molar-refractivity contribution in [2.75, 3.05) is 6.61 Å². The minimum absolute atomic E-state index is 0.0230. The van der Waals surface area contributed by atoms with Crippen molar-refractivity contribution >= 4 is 5.97 Å². The molecular weight excluding hydrogens is 449 g/mol. The molecule has 0 spiro atoms. The number of ether oxygens (including phenoxy) is 2. The molecule has 0 radical (unpaired) electrons. The number of hydrogen-bond acceptors (Lipinski definition) is 5. The Kier molecular flexibility index (Phi) is 9.59. The first-order chi connectivity index (χ1) is 16.2. The van der Waals surface area contributed by atoms with Gasteiger partial charge in [0.25, 0.3) is 0 Å². The zero-order valence-electron chi connectivity index (χ0n) is 19.6. The Labute approximate surface area is 198 Å². The number of benzene rings is 1. The summed E-state index contributed by atoms with van der Waals surface area (Å²) >= 11 is 0. The van der Waals surface area contributed by atoms with E-state index in [-0.39, 0.29) is 35.9 Å². The van der Waals surface area contributed by atoms with Crippen molar-refractivity contribution in [2.45, 2.75) is 76.9 Å². The van der Waals surface area contributed by atoms with E-state index in [9.17, 15) is 18.0 Å². The molecule has 0 aromatic heterocycles. The van der Waals surface area contributed by atoms with Crippen molar-refractivity contribution in [3.8, 4) is 5.75 Å². The van der Waals surface area contributed by atoms with Gasteiger partial charge in [-0.25, -0.2) is 9.78 Å². The van der Waals surface area contributed by atoms with E-state index in [4.69, 9.17) is 19.2 Å². The van der Waals surface area contributed by atoms with E-state index in [0.717, 1.165) is 37.8 Å². The van der Waals surface area contributed by atoms with Crippen LogP contribution < -0.4 is 4.74 Å². The van der Waals surface area contributed by atoms with Gasteiger partial charge in [-0.3, -0.25) is 4.79 Å². The predicted molar refractivity (Wildman–Crippen MR) is 121 cm³/mol. The average Bonchev–Trinajstić information content (AvgIpc) is 3.37. The van der Waals surface area contributed by atoms with E-state index in [0.29, 0.717) is 25.4 Å². The van der Waals surface area contributed by atoms with Gasteiger partial charge in [0.05, 0.1) is 24.4 Å². The predicted octanol–water partition coefficient (Wildman–Crippen LogP) is 6.43. The summed E-state index contributed by atoms with van der Waals surface area (Å²) in [4.78, 5) is 22.4. The Morgan fingerprint density at radius 2 is 1.94 bits per heavy atom. The van der Waals surface area contributed by atoms with Crippen molar-refractivity contribution in [2.24, 2.45) is 11.8 Å². The number of fused-ring (bicyclic) bond motifs is 2. The van der Waals surface area contributed by atoms with Gasteiger partial charge in [0.2, 0.25) is 0 Å². The minimum Gasteiger partial charge on any atom is -0.493 e. The van der Waals surface area contributed by atoms with Crippen LogP contribution in [-0.2, 0) is 25.5 Å². The molecule has 188 valence electrons. The monoisotopic (exact) mass is 482 g/mol. The largest absolute Gasteiger partial charge is 0.493 e. The van der Waals surface area contributed by atoms with Gasteiger partial charge in [-0.1, -0.05) is 30.4 Å². The number of esters is 1. The number of allylic oxidation sites excluding steroid dienone is 2. The van der Waals surface area contributed by atoms with E-state index in [1.54, 1.807) is 0 Å². The Morgan fingerprint density at radius 1 is 1.15 bits per heavy atom. The lowest BCUT2D eigenvalue weighted by Crippen LogP contribution is -2.28. The van der Waals surface area contributed by atoms with E-state index >= 15 is 0 Å². The first-order valence-corrected chi connectivity index (χ1v) is 11.9. The minimum atomic E-state index is -4.38. The lowest BCUT2D eigenvalue weighted by Gasteiger charge is -2.27. The highest BCUT2D eigenvalue weighted by Crippen LogP contribution is 2.44. The number of unbranched alkanes of at least 4 members (excludes halogenated alkanes) is 1. The van der Waals surface area contributed by atoms with Crippen LogP contribution in [0.3, 0.4) is 0 Å². The van der Waals surface area contributed by atoms with Gasteiger partial charge < -0.3 is 9.47 Å². The Hall–Kier alpha value is -2.32. The lowest BCUT2D eigenvalue weighted by molar-refractivity contribution is -0.336. The standard InChI is InChI=1S/C26H33F3O5/c1-18(2)32-25(30)14-6-4-3-5-12-21-22(24-17-23(21)33-34-24)13-7-8-15-31-20-11-9-10-19(16-20)26(27,28)29/h3,5,7,9-11,13,16,18,21-24H,4,6,8,12,14-15,17H2,1-2H3/b5-3-,13-7+/t21-,22-,23+,24-/m1/s1. The zero-order chi connectivity index (χ0) is 24.6. The topological polar surface area (TPSA) is 54.0 Å². The molecule has 0 amide bonds. The fraction of sp³-hybridized carbons (Fsp3) is 0.577.